The van der Waals surface area contributed by atoms with Crippen molar-refractivity contribution in [3.63, 3.8) is 0 Å². The van der Waals surface area contributed by atoms with Gasteiger partial charge in [0.2, 0.25) is 0 Å². The van der Waals surface area contributed by atoms with E-state index in [2.05, 4.69) is 32.0 Å². The van der Waals surface area contributed by atoms with Crippen molar-refractivity contribution in [2.75, 3.05) is 11.5 Å². The first-order valence-electron chi connectivity index (χ1n) is 6.41. The average molecular weight is 256 g/mol. The minimum Gasteiger partial charge on any atom is -0.457 e. The van der Waals surface area contributed by atoms with E-state index in [9.17, 15) is 0 Å². The van der Waals surface area contributed by atoms with Gasteiger partial charge < -0.3 is 16.2 Å². The number of anilines is 2. The van der Waals surface area contributed by atoms with Crippen molar-refractivity contribution in [3.8, 4) is 11.5 Å². The zero-order valence-electron chi connectivity index (χ0n) is 11.6. The van der Waals surface area contributed by atoms with E-state index in [1.54, 1.807) is 12.1 Å². The highest BCUT2D eigenvalue weighted by Gasteiger charge is 2.06. The summed E-state index contributed by atoms with van der Waals surface area (Å²) in [6.07, 6.45) is 0. The normalized spacial score (nSPS) is 10.7. The second kappa shape index (κ2) is 5.22. The van der Waals surface area contributed by atoms with Gasteiger partial charge in [0.05, 0.1) is 11.4 Å². The van der Waals surface area contributed by atoms with Gasteiger partial charge in [0.15, 0.2) is 0 Å². The number of ether oxygens (including phenoxy) is 1. The van der Waals surface area contributed by atoms with Gasteiger partial charge in [0, 0.05) is 6.07 Å². The number of hydrogen-bond donors (Lipinski definition) is 2. The fourth-order valence-electron chi connectivity index (χ4n) is 1.83. The molecule has 2 rings (SSSR count). The molecule has 2 aromatic carbocycles. The average Bonchev–Trinajstić information content (AvgIpc) is 2.36. The second-order valence-corrected chi connectivity index (χ2v) is 5.07. The molecule has 3 nitrogen and oxygen atoms in total. The van der Waals surface area contributed by atoms with Crippen LogP contribution in [-0.2, 0) is 0 Å². The van der Waals surface area contributed by atoms with E-state index in [-0.39, 0.29) is 0 Å². The number of hydrogen-bond acceptors (Lipinski definition) is 3. The van der Waals surface area contributed by atoms with Crippen LogP contribution in [0.4, 0.5) is 11.4 Å². The minimum atomic E-state index is 0.472. The zero-order chi connectivity index (χ0) is 14.0. The molecule has 0 radical (unpaired) electrons. The molecule has 3 heteroatoms. The Balaban J connectivity index is 2.31. The second-order valence-electron chi connectivity index (χ2n) is 5.07. The standard InChI is InChI=1S/C16H20N2O/c1-10(2)12-5-4-11(3)16(8-12)19-13-6-7-14(17)15(18)9-13/h4-10H,17-18H2,1-3H3. The highest BCUT2D eigenvalue weighted by molar-refractivity contribution is 5.65. The summed E-state index contributed by atoms with van der Waals surface area (Å²) in [6.45, 7) is 6.35. The van der Waals surface area contributed by atoms with Gasteiger partial charge in [-0.1, -0.05) is 26.0 Å². The Labute approximate surface area is 114 Å². The third kappa shape index (κ3) is 2.99. The molecule has 0 heterocycles. The van der Waals surface area contributed by atoms with Crippen LogP contribution in [0.25, 0.3) is 0 Å². The van der Waals surface area contributed by atoms with Crippen LogP contribution in [0.15, 0.2) is 36.4 Å². The smallest absolute Gasteiger partial charge is 0.130 e. The maximum Gasteiger partial charge on any atom is 0.130 e. The fraction of sp³-hybridized carbons (Fsp3) is 0.250. The molecule has 0 saturated carbocycles. The summed E-state index contributed by atoms with van der Waals surface area (Å²) in [5.74, 6) is 2.03. The summed E-state index contributed by atoms with van der Waals surface area (Å²) < 4.78 is 5.90. The van der Waals surface area contributed by atoms with Crippen LogP contribution < -0.4 is 16.2 Å². The lowest BCUT2D eigenvalue weighted by molar-refractivity contribution is 0.478. The van der Waals surface area contributed by atoms with Crippen molar-refractivity contribution in [2.24, 2.45) is 0 Å². The van der Waals surface area contributed by atoms with E-state index >= 15 is 0 Å². The lowest BCUT2D eigenvalue weighted by Gasteiger charge is -2.13. The first-order chi connectivity index (χ1) is 8.97. The summed E-state index contributed by atoms with van der Waals surface area (Å²) >= 11 is 0. The topological polar surface area (TPSA) is 61.3 Å². The number of nitrogen functional groups attached to an aromatic ring is 2. The molecular formula is C16H20N2O. The van der Waals surface area contributed by atoms with Gasteiger partial charge in [-0.2, -0.15) is 0 Å². The molecule has 0 aliphatic heterocycles. The Morgan fingerprint density at radius 2 is 1.68 bits per heavy atom. The Kier molecular flexibility index (Phi) is 3.65. The van der Waals surface area contributed by atoms with E-state index in [0.29, 0.717) is 23.0 Å². The van der Waals surface area contributed by atoms with Crippen molar-refractivity contribution < 1.29 is 4.74 Å². The quantitative estimate of drug-likeness (QED) is 0.813. The molecule has 0 fully saturated rings. The SMILES string of the molecule is Cc1ccc(C(C)C)cc1Oc1ccc(N)c(N)c1. The molecule has 19 heavy (non-hydrogen) atoms. The van der Waals surface area contributed by atoms with E-state index < -0.39 is 0 Å². The molecule has 0 spiro atoms. The molecular weight excluding hydrogens is 236 g/mol. The lowest BCUT2D eigenvalue weighted by atomic mass is 10.0. The number of benzene rings is 2. The molecule has 0 atom stereocenters. The highest BCUT2D eigenvalue weighted by Crippen LogP contribution is 2.30. The molecule has 0 aliphatic rings. The Hall–Kier alpha value is -2.16. The molecule has 2 aromatic rings. The summed E-state index contributed by atoms with van der Waals surface area (Å²) in [6, 6.07) is 11.6. The zero-order valence-corrected chi connectivity index (χ0v) is 11.6. The largest absolute Gasteiger partial charge is 0.457 e. The van der Waals surface area contributed by atoms with Crippen molar-refractivity contribution in [2.45, 2.75) is 26.7 Å². The van der Waals surface area contributed by atoms with Crippen molar-refractivity contribution >= 4 is 11.4 Å². The van der Waals surface area contributed by atoms with Gasteiger partial charge in [-0.15, -0.1) is 0 Å². The Morgan fingerprint density at radius 1 is 0.947 bits per heavy atom. The lowest BCUT2D eigenvalue weighted by Crippen LogP contribution is -1.96. The number of aryl methyl sites for hydroxylation is 1. The fourth-order valence-corrected chi connectivity index (χ4v) is 1.83. The van der Waals surface area contributed by atoms with E-state index in [1.807, 2.05) is 13.0 Å². The summed E-state index contributed by atoms with van der Waals surface area (Å²) in [7, 11) is 0. The van der Waals surface area contributed by atoms with Gasteiger partial charge in [-0.05, 0) is 42.2 Å². The van der Waals surface area contributed by atoms with Crippen LogP contribution in [0, 0.1) is 6.92 Å². The Bertz CT molecular complexity index is 591. The van der Waals surface area contributed by atoms with Gasteiger partial charge in [-0.25, -0.2) is 0 Å². The Morgan fingerprint density at radius 3 is 2.32 bits per heavy atom. The molecule has 0 bridgehead atoms. The van der Waals surface area contributed by atoms with E-state index in [4.69, 9.17) is 16.2 Å². The van der Waals surface area contributed by atoms with Crippen LogP contribution in [0.1, 0.15) is 30.9 Å². The minimum absolute atomic E-state index is 0.472. The van der Waals surface area contributed by atoms with Gasteiger partial charge in [0.1, 0.15) is 11.5 Å². The van der Waals surface area contributed by atoms with E-state index in [0.717, 1.165) is 11.3 Å². The van der Waals surface area contributed by atoms with E-state index in [1.165, 1.54) is 5.56 Å². The monoisotopic (exact) mass is 256 g/mol. The number of nitrogens with two attached hydrogens (primary N) is 2. The van der Waals surface area contributed by atoms with Crippen molar-refractivity contribution in [1.82, 2.24) is 0 Å². The van der Waals surface area contributed by atoms with Crippen molar-refractivity contribution in [1.29, 1.82) is 0 Å². The summed E-state index contributed by atoms with van der Waals surface area (Å²) in [5, 5.41) is 0. The predicted octanol–water partition coefficient (Wildman–Crippen LogP) is 4.08. The molecule has 0 unspecified atom stereocenters. The van der Waals surface area contributed by atoms with Gasteiger partial charge >= 0.3 is 0 Å². The highest BCUT2D eigenvalue weighted by atomic mass is 16.5. The molecule has 100 valence electrons. The first-order valence-corrected chi connectivity index (χ1v) is 6.41. The van der Waals surface area contributed by atoms with Crippen LogP contribution in [-0.4, -0.2) is 0 Å². The number of rotatable bonds is 3. The van der Waals surface area contributed by atoms with Crippen LogP contribution in [0.5, 0.6) is 11.5 Å². The summed E-state index contributed by atoms with van der Waals surface area (Å²) in [5.41, 5.74) is 14.9. The molecule has 0 aromatic heterocycles. The van der Waals surface area contributed by atoms with Crippen LogP contribution >= 0.6 is 0 Å². The molecule has 4 N–H and O–H groups in total. The molecule has 0 saturated heterocycles. The maximum absolute atomic E-state index is 5.90. The maximum atomic E-state index is 5.90. The van der Waals surface area contributed by atoms with Gasteiger partial charge in [0.25, 0.3) is 0 Å². The first kappa shape index (κ1) is 13.3. The molecule has 0 amide bonds. The van der Waals surface area contributed by atoms with Crippen LogP contribution in [0.2, 0.25) is 0 Å². The third-order valence-corrected chi connectivity index (χ3v) is 3.16. The molecule has 0 aliphatic carbocycles. The van der Waals surface area contributed by atoms with Crippen LogP contribution in [0.3, 0.4) is 0 Å². The predicted molar refractivity (Wildman–Crippen MR) is 80.6 cm³/mol. The van der Waals surface area contributed by atoms with Gasteiger partial charge in [-0.3, -0.25) is 0 Å². The third-order valence-electron chi connectivity index (χ3n) is 3.16. The van der Waals surface area contributed by atoms with Crippen molar-refractivity contribution in [3.05, 3.63) is 47.5 Å². The summed E-state index contributed by atoms with van der Waals surface area (Å²) in [4.78, 5) is 0.